The van der Waals surface area contributed by atoms with Crippen LogP contribution in [-0.2, 0) is 0 Å². The number of hydrogen-bond donors (Lipinski definition) is 0. The fourth-order valence-electron chi connectivity index (χ4n) is 9.53. The minimum absolute atomic E-state index is 0.901. The monoisotopic (exact) mass is 789 g/mol. The summed E-state index contributed by atoms with van der Waals surface area (Å²) in [6.07, 6.45) is 0. The van der Waals surface area contributed by atoms with Gasteiger partial charge in [-0.05, 0) is 120 Å². The van der Waals surface area contributed by atoms with Crippen LogP contribution in [0.15, 0.2) is 241 Å². The van der Waals surface area contributed by atoms with Crippen molar-refractivity contribution < 1.29 is 4.42 Å². The van der Waals surface area contributed by atoms with Gasteiger partial charge in [0.2, 0.25) is 0 Å². The van der Waals surface area contributed by atoms with E-state index in [0.29, 0.717) is 0 Å². The second-order valence-corrected chi connectivity index (χ2v) is 16.0. The second kappa shape index (κ2) is 14.8. The van der Waals surface area contributed by atoms with E-state index in [4.69, 9.17) is 4.42 Å². The van der Waals surface area contributed by atoms with Crippen molar-refractivity contribution >= 4 is 71.3 Å². The number of nitrogens with zero attached hydrogens (tertiary/aromatic N) is 1. The number of anilines is 3. The first kappa shape index (κ1) is 35.7. The average molecular weight is 790 g/mol. The van der Waals surface area contributed by atoms with E-state index < -0.39 is 0 Å². The summed E-state index contributed by atoms with van der Waals surface area (Å²) in [5.41, 5.74) is 14.4. The lowest BCUT2D eigenvalue weighted by atomic mass is 9.85. The molecule has 0 bridgehead atoms. The Morgan fingerprint density at radius 2 is 0.823 bits per heavy atom. The number of rotatable bonds is 7. The van der Waals surface area contributed by atoms with Crippen molar-refractivity contribution in [2.45, 2.75) is 0 Å². The van der Waals surface area contributed by atoms with E-state index in [0.717, 1.165) is 55.7 Å². The van der Waals surface area contributed by atoms with E-state index in [2.05, 4.69) is 229 Å². The van der Waals surface area contributed by atoms with Crippen molar-refractivity contribution in [2.24, 2.45) is 0 Å². The van der Waals surface area contributed by atoms with Crippen LogP contribution in [0.2, 0.25) is 0 Å². The topological polar surface area (TPSA) is 16.4 Å². The molecule has 1 heterocycles. The highest BCUT2D eigenvalue weighted by atomic mass is 16.3. The van der Waals surface area contributed by atoms with E-state index in [1.807, 2.05) is 12.1 Å². The molecule has 0 atom stereocenters. The quantitative estimate of drug-likeness (QED) is 0.150. The molecule has 0 spiro atoms. The molecule has 290 valence electrons. The molecule has 12 rings (SSSR count). The van der Waals surface area contributed by atoms with Crippen LogP contribution >= 0.6 is 0 Å². The summed E-state index contributed by atoms with van der Waals surface area (Å²) in [6, 6.07) is 85.6. The SMILES string of the molecule is c1ccc(-c2c(-c3ccccc3)c3cc(N(c4ccc(-c5cccc6c5oc5ccccc56)cc4)c4cccc(-c5ccc6ccccc6c5)c4)ccc3c3ccccc23)cc1. The molecule has 11 aromatic carbocycles. The minimum Gasteiger partial charge on any atom is -0.455 e. The van der Waals surface area contributed by atoms with Gasteiger partial charge in [0, 0.05) is 33.4 Å². The number of benzene rings is 11. The van der Waals surface area contributed by atoms with E-state index in [-0.39, 0.29) is 0 Å². The zero-order valence-electron chi connectivity index (χ0n) is 33.9. The average Bonchev–Trinajstić information content (AvgIpc) is 3.73. The number of para-hydroxylation sites is 2. The molecule has 0 amide bonds. The van der Waals surface area contributed by atoms with Gasteiger partial charge in [0.15, 0.2) is 0 Å². The van der Waals surface area contributed by atoms with Gasteiger partial charge in [0.1, 0.15) is 11.2 Å². The molecule has 0 saturated carbocycles. The van der Waals surface area contributed by atoms with Crippen molar-refractivity contribution in [3.8, 4) is 44.5 Å². The van der Waals surface area contributed by atoms with Gasteiger partial charge in [-0.1, -0.05) is 188 Å². The first-order chi connectivity index (χ1) is 30.7. The Balaban J connectivity index is 1.08. The molecule has 2 nitrogen and oxygen atoms in total. The highest BCUT2D eigenvalue weighted by Gasteiger charge is 2.21. The Bertz CT molecular complexity index is 3620. The molecule has 12 aromatic rings. The summed E-state index contributed by atoms with van der Waals surface area (Å²) in [4.78, 5) is 2.40. The lowest BCUT2D eigenvalue weighted by molar-refractivity contribution is 0.670. The number of furan rings is 1. The van der Waals surface area contributed by atoms with Crippen molar-refractivity contribution in [3.63, 3.8) is 0 Å². The predicted octanol–water partition coefficient (Wildman–Crippen LogP) is 17.2. The van der Waals surface area contributed by atoms with Crippen LogP contribution in [0.5, 0.6) is 0 Å². The van der Waals surface area contributed by atoms with Crippen LogP contribution in [0.25, 0.3) is 98.8 Å². The van der Waals surface area contributed by atoms with Crippen LogP contribution in [-0.4, -0.2) is 0 Å². The zero-order chi connectivity index (χ0) is 41.0. The van der Waals surface area contributed by atoms with Gasteiger partial charge in [-0.25, -0.2) is 0 Å². The van der Waals surface area contributed by atoms with Gasteiger partial charge >= 0.3 is 0 Å². The van der Waals surface area contributed by atoms with Crippen LogP contribution < -0.4 is 4.90 Å². The van der Waals surface area contributed by atoms with E-state index in [1.54, 1.807) is 0 Å². The maximum Gasteiger partial charge on any atom is 0.143 e. The Kier molecular flexibility index (Phi) is 8.53. The molecule has 2 heteroatoms. The second-order valence-electron chi connectivity index (χ2n) is 16.0. The molecule has 0 N–H and O–H groups in total. The first-order valence-corrected chi connectivity index (χ1v) is 21.2. The maximum atomic E-state index is 6.49. The third kappa shape index (κ3) is 6.04. The molecule has 0 saturated heterocycles. The largest absolute Gasteiger partial charge is 0.455 e. The van der Waals surface area contributed by atoms with Crippen molar-refractivity contribution in [1.82, 2.24) is 0 Å². The van der Waals surface area contributed by atoms with Crippen LogP contribution in [0.1, 0.15) is 0 Å². The Labute approximate surface area is 360 Å². The van der Waals surface area contributed by atoms with Crippen LogP contribution in [0, 0.1) is 0 Å². The Morgan fingerprint density at radius 1 is 0.274 bits per heavy atom. The van der Waals surface area contributed by atoms with Crippen LogP contribution in [0.3, 0.4) is 0 Å². The maximum absolute atomic E-state index is 6.49. The summed E-state index contributed by atoms with van der Waals surface area (Å²) in [7, 11) is 0. The van der Waals surface area contributed by atoms with E-state index >= 15 is 0 Å². The zero-order valence-corrected chi connectivity index (χ0v) is 33.9. The van der Waals surface area contributed by atoms with Crippen LogP contribution in [0.4, 0.5) is 17.1 Å². The fraction of sp³-hybridized carbons (Fsp3) is 0. The third-order valence-electron chi connectivity index (χ3n) is 12.4. The molecular weight excluding hydrogens is 751 g/mol. The van der Waals surface area contributed by atoms with Crippen molar-refractivity contribution in [2.75, 3.05) is 4.90 Å². The highest BCUT2D eigenvalue weighted by molar-refractivity contribution is 6.22. The summed E-state index contributed by atoms with van der Waals surface area (Å²) in [6.45, 7) is 0. The number of hydrogen-bond acceptors (Lipinski definition) is 2. The molecule has 0 unspecified atom stereocenters. The molecule has 62 heavy (non-hydrogen) atoms. The van der Waals surface area contributed by atoms with Gasteiger partial charge < -0.3 is 9.32 Å². The number of fused-ring (bicyclic) bond motifs is 7. The van der Waals surface area contributed by atoms with Gasteiger partial charge in [-0.3, -0.25) is 0 Å². The lowest BCUT2D eigenvalue weighted by Crippen LogP contribution is -2.10. The lowest BCUT2D eigenvalue weighted by Gasteiger charge is -2.27. The standard InChI is InChI=1S/C60H39NO/c1-3-16-42(17-4-1)58-54-25-10-9-23-51(54)52-36-35-49(39-56(52)59(58)43-18-5-2-6-19-43)61(48-22-13-21-45(38-48)46-30-29-40-15-7-8-20-44(40)37-46)47-33-31-41(32-34-47)50-26-14-27-55-53-24-11-12-28-57(53)62-60(50)55/h1-39H. The Morgan fingerprint density at radius 3 is 1.61 bits per heavy atom. The smallest absolute Gasteiger partial charge is 0.143 e. The van der Waals surface area contributed by atoms with Gasteiger partial charge in [-0.15, -0.1) is 0 Å². The van der Waals surface area contributed by atoms with Gasteiger partial charge in [-0.2, -0.15) is 0 Å². The third-order valence-corrected chi connectivity index (χ3v) is 12.4. The normalized spacial score (nSPS) is 11.5. The van der Waals surface area contributed by atoms with E-state index in [9.17, 15) is 0 Å². The molecular formula is C60H39NO. The highest BCUT2D eigenvalue weighted by Crippen LogP contribution is 2.47. The van der Waals surface area contributed by atoms with Gasteiger partial charge in [0.05, 0.1) is 0 Å². The summed E-state index contributed by atoms with van der Waals surface area (Å²) in [5, 5.41) is 9.63. The van der Waals surface area contributed by atoms with Crippen molar-refractivity contribution in [3.05, 3.63) is 237 Å². The summed E-state index contributed by atoms with van der Waals surface area (Å²) in [5.74, 6) is 0. The van der Waals surface area contributed by atoms with E-state index in [1.165, 1.54) is 60.1 Å². The molecule has 0 aliphatic carbocycles. The van der Waals surface area contributed by atoms with Gasteiger partial charge in [0.25, 0.3) is 0 Å². The predicted molar refractivity (Wildman–Crippen MR) is 263 cm³/mol. The molecule has 0 aliphatic rings. The summed E-state index contributed by atoms with van der Waals surface area (Å²) >= 11 is 0. The molecule has 0 fully saturated rings. The summed E-state index contributed by atoms with van der Waals surface area (Å²) < 4.78 is 6.49. The fourth-order valence-corrected chi connectivity index (χ4v) is 9.53. The molecule has 0 radical (unpaired) electrons. The Hall–Kier alpha value is -8.20. The van der Waals surface area contributed by atoms with Crippen molar-refractivity contribution in [1.29, 1.82) is 0 Å². The minimum atomic E-state index is 0.901. The first-order valence-electron chi connectivity index (χ1n) is 21.2. The molecule has 0 aliphatic heterocycles. The molecule has 1 aromatic heterocycles.